The number of hydrogen-bond donors (Lipinski definition) is 2. The van der Waals surface area contributed by atoms with Crippen LogP contribution < -0.4 is 19.5 Å². The van der Waals surface area contributed by atoms with E-state index >= 15 is 0 Å². The van der Waals surface area contributed by atoms with Crippen LogP contribution in [-0.2, 0) is 25.0 Å². The third-order valence-corrected chi connectivity index (χ3v) is 8.53. The number of rotatable bonds is 8. The molecule has 2 aromatic carbocycles. The minimum Gasteiger partial charge on any atom is -0.454 e. The fourth-order valence-electron chi connectivity index (χ4n) is 4.76. The first-order chi connectivity index (χ1) is 17.9. The molecule has 9 nitrogen and oxygen atoms in total. The van der Waals surface area contributed by atoms with Gasteiger partial charge in [0.1, 0.15) is 5.82 Å². The number of carbonyl (C=O) groups excluding carboxylic acids is 1. The zero-order valence-corrected chi connectivity index (χ0v) is 20.9. The number of sulfonamides is 1. The van der Waals surface area contributed by atoms with Crippen LogP contribution in [0.5, 0.6) is 11.5 Å². The monoisotopic (exact) mass is 525 g/mol. The van der Waals surface area contributed by atoms with E-state index in [4.69, 9.17) is 14.2 Å². The summed E-state index contributed by atoms with van der Waals surface area (Å²) in [6.07, 6.45) is 3.23. The van der Waals surface area contributed by atoms with Gasteiger partial charge in [0.05, 0.1) is 22.1 Å². The van der Waals surface area contributed by atoms with Crippen molar-refractivity contribution >= 4 is 21.7 Å². The molecule has 1 aromatic heterocycles. The van der Waals surface area contributed by atoms with E-state index in [0.29, 0.717) is 29.6 Å². The number of pyridine rings is 1. The molecule has 0 spiro atoms. The summed E-state index contributed by atoms with van der Waals surface area (Å²) >= 11 is 0. The summed E-state index contributed by atoms with van der Waals surface area (Å²) in [5, 5.41) is 2.96. The highest BCUT2D eigenvalue weighted by molar-refractivity contribution is 7.89. The summed E-state index contributed by atoms with van der Waals surface area (Å²) in [6, 6.07) is 17.5. The average molecular weight is 526 g/mol. The Balaban J connectivity index is 0.00000176. The maximum Gasteiger partial charge on any atom is 0.240 e. The van der Waals surface area contributed by atoms with Crippen LogP contribution in [-0.4, -0.2) is 45.4 Å². The van der Waals surface area contributed by atoms with Crippen molar-refractivity contribution in [3.05, 3.63) is 66.2 Å². The van der Waals surface area contributed by atoms with E-state index in [1.165, 1.54) is 0 Å². The first-order valence-electron chi connectivity index (χ1n) is 12.3. The lowest BCUT2D eigenvalue weighted by Crippen LogP contribution is -2.31. The lowest BCUT2D eigenvalue weighted by atomic mass is 9.94. The van der Waals surface area contributed by atoms with Gasteiger partial charge in [-0.3, -0.25) is 4.79 Å². The van der Waals surface area contributed by atoms with Crippen molar-refractivity contribution in [3.63, 3.8) is 0 Å². The molecule has 37 heavy (non-hydrogen) atoms. The smallest absolute Gasteiger partial charge is 0.240 e. The average Bonchev–Trinajstić information content (AvgIpc) is 3.31. The van der Waals surface area contributed by atoms with Gasteiger partial charge in [-0.15, -0.1) is 0 Å². The summed E-state index contributed by atoms with van der Waals surface area (Å²) in [6.45, 7) is 1.13. The molecule has 1 unspecified atom stereocenters. The van der Waals surface area contributed by atoms with Crippen LogP contribution in [0.25, 0.3) is 11.3 Å². The number of hydrogen-bond acceptors (Lipinski definition) is 7. The molecule has 3 heterocycles. The first kappa shape index (κ1) is 23.9. The van der Waals surface area contributed by atoms with Crippen molar-refractivity contribution in [2.75, 3.05) is 25.3 Å². The van der Waals surface area contributed by atoms with E-state index < -0.39 is 15.4 Å². The third kappa shape index (κ3) is 4.79. The molecule has 1 atom stereocenters. The first-order valence-corrected chi connectivity index (χ1v) is 13.8. The Kier molecular flexibility index (Phi) is 6.10. The Labute approximate surface area is 218 Å². The largest absolute Gasteiger partial charge is 0.454 e. The molecule has 10 heteroatoms. The number of anilines is 1. The van der Waals surface area contributed by atoms with Gasteiger partial charge in [-0.2, -0.15) is 0 Å². The van der Waals surface area contributed by atoms with Gasteiger partial charge in [0.2, 0.25) is 22.7 Å². The van der Waals surface area contributed by atoms with Crippen molar-refractivity contribution < 1.29 is 30.3 Å². The molecule has 2 fully saturated rings. The highest BCUT2D eigenvalue weighted by atomic mass is 32.2. The second-order valence-electron chi connectivity index (χ2n) is 9.52. The number of nitrogens with one attached hydrogen (secondary N) is 2. The fraction of sp³-hybridized carbons (Fsp3) is 0.333. The predicted molar refractivity (Wildman–Crippen MR) is 140 cm³/mol. The number of ether oxygens (including phenoxy) is 3. The molecule has 0 bridgehead atoms. The van der Waals surface area contributed by atoms with Crippen molar-refractivity contribution in [3.8, 4) is 22.8 Å². The molecule has 2 N–H and O–H groups in total. The number of amides is 1. The summed E-state index contributed by atoms with van der Waals surface area (Å²) < 4.78 is 44.3. The normalized spacial score (nSPS) is 19.5. The molecule has 1 saturated heterocycles. The van der Waals surface area contributed by atoms with Gasteiger partial charge >= 0.3 is 0 Å². The summed E-state index contributed by atoms with van der Waals surface area (Å²) in [5.74, 6) is 1.66. The predicted octanol–water partition coefficient (Wildman–Crippen LogP) is 4.10. The molecule has 3 aliphatic rings. The molecular formula is C27H31N3O6S. The molecule has 6 rings (SSSR count). The number of benzene rings is 2. The highest BCUT2D eigenvalue weighted by Gasteiger charge is 2.51. The Bertz CT molecular complexity index is 1440. The lowest BCUT2D eigenvalue weighted by Gasteiger charge is -2.16. The van der Waals surface area contributed by atoms with Crippen LogP contribution in [0.1, 0.15) is 34.1 Å². The van der Waals surface area contributed by atoms with Crippen molar-refractivity contribution in [1.82, 2.24) is 9.71 Å². The topological polar surface area (TPSA) is 116 Å². The summed E-state index contributed by atoms with van der Waals surface area (Å²) in [4.78, 5) is 18.0. The Morgan fingerprint density at radius 2 is 1.86 bits per heavy atom. The molecule has 1 saturated carbocycles. The van der Waals surface area contributed by atoms with E-state index in [1.54, 1.807) is 30.3 Å². The van der Waals surface area contributed by atoms with E-state index in [0.717, 1.165) is 36.8 Å². The molecule has 1 aliphatic carbocycles. The van der Waals surface area contributed by atoms with Gasteiger partial charge in [0.15, 0.2) is 11.5 Å². The fourth-order valence-corrected chi connectivity index (χ4v) is 5.83. The number of nitrogens with zero attached hydrogens (tertiary/aromatic N) is 1. The zero-order chi connectivity index (χ0) is 25.5. The van der Waals surface area contributed by atoms with Crippen LogP contribution in [0.3, 0.4) is 0 Å². The Morgan fingerprint density at radius 1 is 1.05 bits per heavy atom. The van der Waals surface area contributed by atoms with E-state index in [1.807, 2.05) is 30.3 Å². The summed E-state index contributed by atoms with van der Waals surface area (Å²) in [5.41, 5.74) is 1.66. The Hall–Kier alpha value is -3.47. The molecule has 3 aromatic rings. The van der Waals surface area contributed by atoms with Crippen LogP contribution in [0.4, 0.5) is 5.82 Å². The van der Waals surface area contributed by atoms with Gasteiger partial charge in [0.25, 0.3) is 0 Å². The molecule has 196 valence electrons. The minimum absolute atomic E-state index is 0. The lowest BCUT2D eigenvalue weighted by molar-refractivity contribution is -0.118. The van der Waals surface area contributed by atoms with Gasteiger partial charge < -0.3 is 19.5 Å². The number of fused-ring (bicyclic) bond motifs is 1. The summed E-state index contributed by atoms with van der Waals surface area (Å²) in [7, 11) is -3.63. The van der Waals surface area contributed by atoms with Crippen molar-refractivity contribution in [2.45, 2.75) is 42.1 Å². The maximum absolute atomic E-state index is 13.3. The zero-order valence-electron chi connectivity index (χ0n) is 20.1. The molecular weight excluding hydrogens is 494 g/mol. The highest BCUT2D eigenvalue weighted by Crippen LogP contribution is 2.51. The third-order valence-electron chi connectivity index (χ3n) is 7.09. The van der Waals surface area contributed by atoms with E-state index in [2.05, 4.69) is 15.0 Å². The van der Waals surface area contributed by atoms with Crippen LogP contribution in [0.15, 0.2) is 65.6 Å². The van der Waals surface area contributed by atoms with Crippen LogP contribution in [0, 0.1) is 0 Å². The van der Waals surface area contributed by atoms with E-state index in [-0.39, 0.29) is 33.1 Å². The van der Waals surface area contributed by atoms with Gasteiger partial charge in [0, 0.05) is 21.6 Å². The van der Waals surface area contributed by atoms with Gasteiger partial charge in [-0.1, -0.05) is 24.3 Å². The molecule has 2 aliphatic heterocycles. The van der Waals surface area contributed by atoms with Crippen LogP contribution in [0.2, 0.25) is 0 Å². The van der Waals surface area contributed by atoms with E-state index in [9.17, 15) is 13.2 Å². The van der Waals surface area contributed by atoms with Crippen molar-refractivity contribution in [1.29, 1.82) is 0 Å². The second kappa shape index (κ2) is 9.44. The minimum atomic E-state index is -3.63. The Morgan fingerprint density at radius 3 is 2.62 bits per heavy atom. The maximum atomic E-state index is 13.3. The quantitative estimate of drug-likeness (QED) is 0.455. The second-order valence-corrected chi connectivity index (χ2v) is 11.3. The number of aromatic nitrogens is 1. The SMILES string of the molecule is O=C(Nc1cccc(-c2ccc(S(=O)(=O)NCC3CCCO3)cc2)n1)C1(c2ccc3c(c2)OCO3)CC1.[HH].[HH]. The van der Waals surface area contributed by atoms with Gasteiger partial charge in [-0.25, -0.2) is 18.1 Å². The van der Waals surface area contributed by atoms with Gasteiger partial charge in [-0.05, 0) is 67.6 Å². The molecule has 0 radical (unpaired) electrons. The standard InChI is InChI=1S/C27H27N3O6S.2H2/c31-26(27(12-13-27)19-8-11-23-24(15-19)36-17-35-23)30-25-5-1-4-22(29-25)18-6-9-21(10-7-18)37(32,33)28-16-20-3-2-14-34-20;;/h1,4-11,15,20,28H,2-3,12-14,16-17H2,(H,29,30,31);2*1H. The van der Waals surface area contributed by atoms with Crippen LogP contribution >= 0.6 is 0 Å². The van der Waals surface area contributed by atoms with Crippen molar-refractivity contribution in [2.24, 2.45) is 0 Å². The molecule has 1 amide bonds. The number of carbonyl (C=O) groups is 1.